The minimum absolute atomic E-state index is 0.0237. The molecule has 1 aliphatic rings. The van der Waals surface area contributed by atoms with E-state index in [1.807, 2.05) is 0 Å². The second-order valence-electron chi connectivity index (χ2n) is 8.38. The first-order valence-electron chi connectivity index (χ1n) is 11.3. The van der Waals surface area contributed by atoms with Gasteiger partial charge in [-0.05, 0) is 32.1 Å². The number of guanidine groups is 1. The third kappa shape index (κ3) is 10.1. The number of nitrogens with two attached hydrogens (primary N) is 5. The quantitative estimate of drug-likeness (QED) is 0.0590. The fourth-order valence-electron chi connectivity index (χ4n) is 3.66. The largest absolute Gasteiger partial charge is 0.480 e. The molecule has 1 saturated heterocycles. The number of likely N-dealkylation sites (tertiary alicyclic amines) is 1. The summed E-state index contributed by atoms with van der Waals surface area (Å²) in [6.07, 6.45) is 0.0782. The van der Waals surface area contributed by atoms with Crippen LogP contribution in [0.4, 0.5) is 0 Å². The molecule has 4 unspecified atom stereocenters. The van der Waals surface area contributed by atoms with E-state index in [4.69, 9.17) is 28.7 Å². The van der Waals surface area contributed by atoms with Crippen molar-refractivity contribution in [2.45, 2.75) is 69.1 Å². The zero-order chi connectivity index (χ0) is 27.4. The average molecular weight is 514 g/mol. The molecule has 0 spiro atoms. The summed E-state index contributed by atoms with van der Waals surface area (Å²) in [7, 11) is 0. The molecule has 0 aromatic carbocycles. The van der Waals surface area contributed by atoms with Gasteiger partial charge in [0.1, 0.15) is 18.1 Å². The van der Waals surface area contributed by atoms with Gasteiger partial charge in [0, 0.05) is 19.5 Å². The van der Waals surface area contributed by atoms with Crippen LogP contribution in [-0.4, -0.2) is 88.7 Å². The van der Waals surface area contributed by atoms with Crippen molar-refractivity contribution in [3.05, 3.63) is 0 Å². The minimum atomic E-state index is -1.32. The zero-order valence-corrected chi connectivity index (χ0v) is 19.9. The number of hydrogen-bond donors (Lipinski definition) is 8. The lowest BCUT2D eigenvalue weighted by molar-refractivity contribution is -0.149. The van der Waals surface area contributed by atoms with E-state index >= 15 is 0 Å². The molecule has 1 rings (SSSR count). The van der Waals surface area contributed by atoms with Gasteiger partial charge in [-0.15, -0.1) is 0 Å². The van der Waals surface area contributed by atoms with Crippen molar-refractivity contribution in [1.29, 1.82) is 0 Å². The molecule has 0 radical (unpaired) electrons. The molecule has 16 nitrogen and oxygen atoms in total. The number of aliphatic imine (C=N–C) groups is 1. The molecule has 5 amide bonds. The van der Waals surface area contributed by atoms with Crippen LogP contribution in [-0.2, 0) is 28.8 Å². The number of hydrogen-bond acceptors (Lipinski definition) is 8. The van der Waals surface area contributed by atoms with Gasteiger partial charge in [0.2, 0.25) is 29.5 Å². The Balaban J connectivity index is 3.06. The van der Waals surface area contributed by atoms with Crippen LogP contribution in [0.5, 0.6) is 0 Å². The Morgan fingerprint density at radius 1 is 0.944 bits per heavy atom. The monoisotopic (exact) mass is 513 g/mol. The number of amides is 5. The summed E-state index contributed by atoms with van der Waals surface area (Å²) in [5.74, 6) is -5.21. The molecular weight excluding hydrogens is 478 g/mol. The number of carboxylic acid groups (broad SMARTS) is 1. The third-order valence-electron chi connectivity index (χ3n) is 5.45. The fraction of sp³-hybridized carbons (Fsp3) is 0.650. The SMILES string of the molecule is NC(=O)CCC(NC(=O)C(CCCN=C(N)N)NC(=O)C(N)CC(N)=O)C(=O)N1CCCC1C(=O)O. The van der Waals surface area contributed by atoms with Crippen LogP contribution in [0.1, 0.15) is 44.9 Å². The normalized spacial score (nSPS) is 17.4. The Hall–Kier alpha value is -3.95. The molecule has 0 saturated carbocycles. The summed E-state index contributed by atoms with van der Waals surface area (Å²) in [4.78, 5) is 77.5. The fourth-order valence-corrected chi connectivity index (χ4v) is 3.66. The van der Waals surface area contributed by atoms with Crippen LogP contribution in [0.15, 0.2) is 4.99 Å². The highest BCUT2D eigenvalue weighted by Gasteiger charge is 2.38. The lowest BCUT2D eigenvalue weighted by Crippen LogP contribution is -2.57. The highest BCUT2D eigenvalue weighted by molar-refractivity contribution is 5.95. The molecule has 202 valence electrons. The van der Waals surface area contributed by atoms with E-state index in [1.54, 1.807) is 0 Å². The van der Waals surface area contributed by atoms with Gasteiger partial charge in [-0.1, -0.05) is 0 Å². The van der Waals surface area contributed by atoms with Gasteiger partial charge in [0.25, 0.3) is 0 Å². The van der Waals surface area contributed by atoms with Crippen LogP contribution in [0.25, 0.3) is 0 Å². The molecule has 4 atom stereocenters. The third-order valence-corrected chi connectivity index (χ3v) is 5.45. The summed E-state index contributed by atoms with van der Waals surface area (Å²) in [6.45, 7) is 0.298. The first-order chi connectivity index (χ1) is 16.8. The van der Waals surface area contributed by atoms with Crippen molar-refractivity contribution in [2.75, 3.05) is 13.1 Å². The van der Waals surface area contributed by atoms with Crippen molar-refractivity contribution in [3.8, 4) is 0 Å². The summed E-state index contributed by atoms with van der Waals surface area (Å²) in [5.41, 5.74) is 26.5. The van der Waals surface area contributed by atoms with E-state index in [9.17, 15) is 33.9 Å². The Labute approximate surface area is 207 Å². The van der Waals surface area contributed by atoms with E-state index in [-0.39, 0.29) is 51.2 Å². The Morgan fingerprint density at radius 3 is 2.14 bits per heavy atom. The van der Waals surface area contributed by atoms with Crippen molar-refractivity contribution in [3.63, 3.8) is 0 Å². The standard InChI is InChI=1S/C20H35N9O7/c21-10(9-15(23)31)16(32)27-11(3-1-7-26-20(24)25)17(33)28-12(5-6-14(22)30)18(34)29-8-2-4-13(29)19(35)36/h10-13H,1-9,21H2,(H2,22,30)(H2,23,31)(H,27,32)(H,28,33)(H,35,36)(H4,24,25,26). The highest BCUT2D eigenvalue weighted by atomic mass is 16.4. The van der Waals surface area contributed by atoms with Gasteiger partial charge in [-0.3, -0.25) is 29.0 Å². The second-order valence-corrected chi connectivity index (χ2v) is 8.38. The maximum absolute atomic E-state index is 13.1. The van der Waals surface area contributed by atoms with E-state index in [2.05, 4.69) is 15.6 Å². The van der Waals surface area contributed by atoms with Crippen molar-refractivity contribution >= 4 is 41.5 Å². The van der Waals surface area contributed by atoms with Gasteiger partial charge in [0.15, 0.2) is 5.96 Å². The van der Waals surface area contributed by atoms with E-state index < -0.39 is 66.1 Å². The summed E-state index contributed by atoms with van der Waals surface area (Å²) >= 11 is 0. The van der Waals surface area contributed by atoms with Gasteiger partial charge in [-0.2, -0.15) is 0 Å². The molecule has 36 heavy (non-hydrogen) atoms. The zero-order valence-electron chi connectivity index (χ0n) is 19.9. The van der Waals surface area contributed by atoms with Gasteiger partial charge >= 0.3 is 5.97 Å². The van der Waals surface area contributed by atoms with E-state index in [0.717, 1.165) is 4.90 Å². The molecule has 0 bridgehead atoms. The molecule has 0 aromatic heterocycles. The molecule has 0 aromatic rings. The van der Waals surface area contributed by atoms with Crippen molar-refractivity contribution < 1.29 is 33.9 Å². The maximum atomic E-state index is 13.1. The number of primary amides is 2. The second kappa shape index (κ2) is 14.4. The Morgan fingerprint density at radius 2 is 1.58 bits per heavy atom. The lowest BCUT2D eigenvalue weighted by atomic mass is 10.1. The van der Waals surface area contributed by atoms with Gasteiger partial charge in [0.05, 0.1) is 12.5 Å². The lowest BCUT2D eigenvalue weighted by Gasteiger charge is -2.29. The smallest absolute Gasteiger partial charge is 0.326 e. The van der Waals surface area contributed by atoms with Crippen LogP contribution in [0.2, 0.25) is 0 Å². The molecule has 13 N–H and O–H groups in total. The minimum Gasteiger partial charge on any atom is -0.480 e. The predicted molar refractivity (Wildman–Crippen MR) is 126 cm³/mol. The van der Waals surface area contributed by atoms with E-state index in [0.29, 0.717) is 6.42 Å². The molecular formula is C20H35N9O7. The number of carboxylic acids is 1. The maximum Gasteiger partial charge on any atom is 0.326 e. The number of rotatable bonds is 15. The predicted octanol–water partition coefficient (Wildman–Crippen LogP) is -4.45. The Bertz CT molecular complexity index is 876. The van der Waals surface area contributed by atoms with Crippen molar-refractivity contribution in [1.82, 2.24) is 15.5 Å². The van der Waals surface area contributed by atoms with Gasteiger partial charge < -0.3 is 49.3 Å². The summed E-state index contributed by atoms with van der Waals surface area (Å²) in [6, 6.07) is -4.87. The average Bonchev–Trinajstić information content (AvgIpc) is 3.27. The number of carbonyl (C=O) groups excluding carboxylic acids is 5. The van der Waals surface area contributed by atoms with E-state index in [1.165, 1.54) is 0 Å². The summed E-state index contributed by atoms with van der Waals surface area (Å²) in [5, 5.41) is 14.3. The highest BCUT2D eigenvalue weighted by Crippen LogP contribution is 2.19. The number of nitrogens with one attached hydrogen (secondary N) is 2. The van der Waals surface area contributed by atoms with Crippen LogP contribution in [0.3, 0.4) is 0 Å². The molecule has 0 aliphatic carbocycles. The molecule has 1 fully saturated rings. The first kappa shape index (κ1) is 30.1. The summed E-state index contributed by atoms with van der Waals surface area (Å²) < 4.78 is 0. The number of carbonyl (C=O) groups is 6. The van der Waals surface area contributed by atoms with Crippen molar-refractivity contribution in [2.24, 2.45) is 33.7 Å². The van der Waals surface area contributed by atoms with Gasteiger partial charge in [-0.25, -0.2) is 4.79 Å². The molecule has 16 heteroatoms. The first-order valence-corrected chi connectivity index (χ1v) is 11.3. The van der Waals surface area contributed by atoms with Crippen LogP contribution < -0.4 is 39.3 Å². The van der Waals surface area contributed by atoms with Crippen LogP contribution >= 0.6 is 0 Å². The Kier molecular flexibility index (Phi) is 12.1. The topological polar surface area (TPSA) is 292 Å². The molecule has 1 heterocycles. The number of aliphatic carboxylic acids is 1. The molecule has 1 aliphatic heterocycles. The van der Waals surface area contributed by atoms with Crippen LogP contribution in [0, 0.1) is 0 Å². The number of nitrogens with zero attached hydrogens (tertiary/aromatic N) is 2.